The Bertz CT molecular complexity index is 1100. The zero-order valence-corrected chi connectivity index (χ0v) is 16.7. The predicted molar refractivity (Wildman–Crippen MR) is 106 cm³/mol. The highest BCUT2D eigenvalue weighted by atomic mass is 79.9. The highest BCUT2D eigenvalue weighted by Crippen LogP contribution is 2.34. The fourth-order valence-electron chi connectivity index (χ4n) is 3.13. The van der Waals surface area contributed by atoms with Gasteiger partial charge in [0.25, 0.3) is 0 Å². The van der Waals surface area contributed by atoms with Crippen LogP contribution in [0.2, 0.25) is 0 Å². The minimum absolute atomic E-state index is 0.272. The molecule has 0 spiro atoms. The number of para-hydroxylation sites is 1. The van der Waals surface area contributed by atoms with Crippen molar-refractivity contribution in [2.45, 2.75) is 6.04 Å². The third-order valence-electron chi connectivity index (χ3n) is 4.43. The zero-order chi connectivity index (χ0) is 19.0. The molecule has 3 heterocycles. The van der Waals surface area contributed by atoms with Gasteiger partial charge in [-0.3, -0.25) is 0 Å². The Morgan fingerprint density at radius 1 is 1.15 bits per heavy atom. The van der Waals surface area contributed by atoms with Crippen molar-refractivity contribution in [3.8, 4) is 5.75 Å². The Kier molecular flexibility index (Phi) is 4.53. The second-order valence-electron chi connectivity index (χ2n) is 6.05. The second kappa shape index (κ2) is 6.99. The third kappa shape index (κ3) is 3.03. The van der Waals surface area contributed by atoms with Crippen molar-refractivity contribution in [2.75, 3.05) is 12.4 Å². The van der Waals surface area contributed by atoms with Gasteiger partial charge in [0.05, 0.1) is 12.5 Å². The minimum Gasteiger partial charge on any atom is -0.496 e. The number of imidazole rings is 1. The number of hydrogen-bond acceptors (Lipinski definition) is 6. The van der Waals surface area contributed by atoms with Crippen molar-refractivity contribution >= 4 is 32.8 Å². The number of methoxy groups -OCH3 is 1. The molecule has 138 valence electrons. The summed E-state index contributed by atoms with van der Waals surface area (Å²) < 4.78 is 9.95. The molecule has 0 saturated carbocycles. The number of rotatable bonds is 5. The molecule has 1 aromatic carbocycles. The molecule has 4 aromatic rings. The number of nitrogens with zero attached hydrogens (tertiary/aromatic N) is 6. The van der Waals surface area contributed by atoms with Gasteiger partial charge in [0.2, 0.25) is 0 Å². The normalized spacial score (nSPS) is 12.3. The van der Waals surface area contributed by atoms with Gasteiger partial charge >= 0.3 is 0 Å². The highest BCUT2D eigenvalue weighted by molar-refractivity contribution is 9.10. The molecule has 0 amide bonds. The molecule has 4 rings (SSSR count). The first-order valence-electron chi connectivity index (χ1n) is 8.30. The van der Waals surface area contributed by atoms with E-state index in [0.29, 0.717) is 10.4 Å². The van der Waals surface area contributed by atoms with Gasteiger partial charge in [-0.1, -0.05) is 18.2 Å². The lowest BCUT2D eigenvalue weighted by Gasteiger charge is -2.22. The molecule has 0 fully saturated rings. The van der Waals surface area contributed by atoms with Crippen molar-refractivity contribution in [1.82, 2.24) is 29.3 Å². The summed E-state index contributed by atoms with van der Waals surface area (Å²) in [5.41, 5.74) is 1.69. The number of fused-ring (bicyclic) bond motifs is 1. The van der Waals surface area contributed by atoms with Crippen LogP contribution in [0.5, 0.6) is 5.75 Å². The van der Waals surface area contributed by atoms with E-state index in [1.165, 1.54) is 6.33 Å². The Hall–Kier alpha value is -2.94. The van der Waals surface area contributed by atoms with Crippen LogP contribution in [0.15, 0.2) is 47.6 Å². The smallest absolute Gasteiger partial charge is 0.164 e. The molecule has 1 atom stereocenters. The Morgan fingerprint density at radius 3 is 2.70 bits per heavy atom. The summed E-state index contributed by atoms with van der Waals surface area (Å²) in [6.45, 7) is 0. The van der Waals surface area contributed by atoms with Gasteiger partial charge in [-0.15, -0.1) is 0 Å². The van der Waals surface area contributed by atoms with Gasteiger partial charge in [0.15, 0.2) is 5.65 Å². The van der Waals surface area contributed by atoms with Crippen LogP contribution in [0.3, 0.4) is 0 Å². The van der Waals surface area contributed by atoms with E-state index in [0.717, 1.165) is 28.2 Å². The molecule has 0 saturated heterocycles. The fraction of sp³-hybridized carbons (Fsp3) is 0.222. The van der Waals surface area contributed by atoms with E-state index in [1.807, 2.05) is 49.1 Å². The molecule has 0 bridgehead atoms. The molecule has 0 aliphatic heterocycles. The maximum Gasteiger partial charge on any atom is 0.164 e. The van der Waals surface area contributed by atoms with E-state index < -0.39 is 0 Å². The van der Waals surface area contributed by atoms with Crippen molar-refractivity contribution in [1.29, 1.82) is 0 Å². The van der Waals surface area contributed by atoms with E-state index in [9.17, 15) is 0 Å². The average Bonchev–Trinajstić information content (AvgIpc) is 3.23. The lowest BCUT2D eigenvalue weighted by molar-refractivity contribution is 0.408. The maximum atomic E-state index is 5.58. The van der Waals surface area contributed by atoms with E-state index in [-0.39, 0.29) is 6.04 Å². The van der Waals surface area contributed by atoms with Crippen molar-refractivity contribution < 1.29 is 4.74 Å². The van der Waals surface area contributed by atoms with Crippen LogP contribution >= 0.6 is 15.9 Å². The van der Waals surface area contributed by atoms with E-state index in [2.05, 4.69) is 41.3 Å². The predicted octanol–water partition coefficient (Wildman–Crippen LogP) is 3.07. The molecule has 9 heteroatoms. The number of hydrogen-bond donors (Lipinski definition) is 1. The molecule has 0 radical (unpaired) electrons. The number of ether oxygens (including phenoxy) is 1. The Morgan fingerprint density at radius 2 is 1.96 bits per heavy atom. The first-order chi connectivity index (χ1) is 13.1. The standard InChI is InChI=1S/C18H18BrN7O/c1-25-9-8-20-18(25)14(11-6-4-5-7-12(11)27-3)23-16-13-15(19)24-26(2)17(13)22-10-21-16/h4-10,14H,1-3H3,(H,21,22,23). The molecular formula is C18H18BrN7O. The van der Waals surface area contributed by atoms with Crippen LogP contribution in [0.25, 0.3) is 11.0 Å². The third-order valence-corrected chi connectivity index (χ3v) is 4.98. The molecule has 8 nitrogen and oxygen atoms in total. The molecule has 1 N–H and O–H groups in total. The summed E-state index contributed by atoms with van der Waals surface area (Å²) in [6, 6.07) is 7.60. The van der Waals surface area contributed by atoms with E-state index >= 15 is 0 Å². The number of halogens is 1. The molecule has 0 aliphatic carbocycles. The molecule has 1 unspecified atom stereocenters. The lowest BCUT2D eigenvalue weighted by Crippen LogP contribution is -2.18. The number of nitrogens with one attached hydrogen (secondary N) is 1. The van der Waals surface area contributed by atoms with Gasteiger partial charge in [0.1, 0.15) is 34.4 Å². The molecule has 0 aliphatic rings. The highest BCUT2D eigenvalue weighted by Gasteiger charge is 2.24. The summed E-state index contributed by atoms with van der Waals surface area (Å²) in [5, 5.41) is 8.72. The van der Waals surface area contributed by atoms with Crippen molar-refractivity contribution in [3.05, 3.63) is 59.0 Å². The Labute approximate surface area is 164 Å². The monoisotopic (exact) mass is 427 g/mol. The van der Waals surface area contributed by atoms with Crippen LogP contribution in [-0.4, -0.2) is 36.4 Å². The zero-order valence-electron chi connectivity index (χ0n) is 15.1. The van der Waals surface area contributed by atoms with Crippen molar-refractivity contribution in [3.63, 3.8) is 0 Å². The fourth-order valence-corrected chi connectivity index (χ4v) is 3.73. The van der Waals surface area contributed by atoms with Gasteiger partial charge in [-0.05, 0) is 22.0 Å². The summed E-state index contributed by atoms with van der Waals surface area (Å²) in [6.07, 6.45) is 5.21. The quantitative estimate of drug-likeness (QED) is 0.526. The van der Waals surface area contributed by atoms with Gasteiger partial charge in [-0.25, -0.2) is 19.6 Å². The maximum absolute atomic E-state index is 5.58. The summed E-state index contributed by atoms with van der Waals surface area (Å²) in [7, 11) is 5.47. The molecule has 3 aromatic heterocycles. The average molecular weight is 428 g/mol. The van der Waals surface area contributed by atoms with E-state index in [1.54, 1.807) is 18.0 Å². The van der Waals surface area contributed by atoms with Crippen LogP contribution in [-0.2, 0) is 14.1 Å². The summed E-state index contributed by atoms with van der Waals surface area (Å²) in [4.78, 5) is 13.3. The minimum atomic E-state index is -0.272. The van der Waals surface area contributed by atoms with Crippen LogP contribution < -0.4 is 10.1 Å². The van der Waals surface area contributed by atoms with Crippen LogP contribution in [0.1, 0.15) is 17.4 Å². The Balaban J connectivity index is 1.88. The van der Waals surface area contributed by atoms with Gasteiger partial charge in [0, 0.05) is 32.1 Å². The SMILES string of the molecule is COc1ccccc1C(Nc1ncnc2c1c(Br)nn2C)c1nccn1C. The number of aryl methyl sites for hydroxylation is 2. The van der Waals surface area contributed by atoms with E-state index in [4.69, 9.17) is 4.74 Å². The van der Waals surface area contributed by atoms with Gasteiger partial charge < -0.3 is 14.6 Å². The summed E-state index contributed by atoms with van der Waals surface area (Å²) >= 11 is 3.51. The molecule has 27 heavy (non-hydrogen) atoms. The lowest BCUT2D eigenvalue weighted by atomic mass is 10.0. The van der Waals surface area contributed by atoms with Crippen LogP contribution in [0.4, 0.5) is 5.82 Å². The topological polar surface area (TPSA) is 82.7 Å². The molecular weight excluding hydrogens is 410 g/mol. The number of benzene rings is 1. The first-order valence-corrected chi connectivity index (χ1v) is 9.09. The largest absolute Gasteiger partial charge is 0.496 e. The second-order valence-corrected chi connectivity index (χ2v) is 6.80. The van der Waals surface area contributed by atoms with Gasteiger partial charge in [-0.2, -0.15) is 5.10 Å². The van der Waals surface area contributed by atoms with Crippen molar-refractivity contribution in [2.24, 2.45) is 14.1 Å². The number of anilines is 1. The van der Waals surface area contributed by atoms with Crippen LogP contribution in [0, 0.1) is 0 Å². The summed E-state index contributed by atoms with van der Waals surface area (Å²) in [5.74, 6) is 2.28. The number of aromatic nitrogens is 6. The first kappa shape index (κ1) is 17.5.